The molecule has 1 aromatic heterocycles. The number of amides is 1. The molecule has 29 heavy (non-hydrogen) atoms. The minimum atomic E-state index is -0.389. The summed E-state index contributed by atoms with van der Waals surface area (Å²) in [6, 6.07) is 15.2. The van der Waals surface area contributed by atoms with Gasteiger partial charge in [0, 0.05) is 25.7 Å². The summed E-state index contributed by atoms with van der Waals surface area (Å²) in [6.45, 7) is 5.37. The van der Waals surface area contributed by atoms with Crippen molar-refractivity contribution in [3.63, 3.8) is 0 Å². The van der Waals surface area contributed by atoms with Gasteiger partial charge < -0.3 is 19.4 Å². The molecule has 0 radical (unpaired) electrons. The molecule has 1 aliphatic heterocycles. The average molecular weight is 395 g/mol. The first-order valence-corrected chi connectivity index (χ1v) is 9.65. The van der Waals surface area contributed by atoms with Gasteiger partial charge in [0.2, 0.25) is 0 Å². The molecule has 7 nitrogen and oxygen atoms in total. The highest BCUT2D eigenvalue weighted by Crippen LogP contribution is 2.27. The molecule has 1 atom stereocenters. The molecule has 1 N–H and O–H groups in total. The molecule has 152 valence electrons. The third-order valence-corrected chi connectivity index (χ3v) is 5.24. The molecule has 1 fully saturated rings. The molecule has 1 aliphatic rings. The Morgan fingerprint density at radius 1 is 1.24 bits per heavy atom. The lowest BCUT2D eigenvalue weighted by Gasteiger charge is -2.43. The van der Waals surface area contributed by atoms with Crippen LogP contribution in [-0.4, -0.2) is 34.2 Å². The number of rotatable bonds is 3. The lowest BCUT2D eigenvalue weighted by molar-refractivity contribution is 0.0625. The number of aromatic nitrogens is 1. The second-order valence-corrected chi connectivity index (χ2v) is 8.16. The number of carbonyl (C=O) groups excluding carboxylic acids is 1. The van der Waals surface area contributed by atoms with Crippen LogP contribution in [0.25, 0.3) is 11.1 Å². The monoisotopic (exact) mass is 395 g/mol. The Morgan fingerprint density at radius 3 is 2.76 bits per heavy atom. The van der Waals surface area contributed by atoms with E-state index >= 15 is 0 Å². The van der Waals surface area contributed by atoms with Crippen LogP contribution in [0.4, 0.5) is 4.79 Å². The van der Waals surface area contributed by atoms with Gasteiger partial charge in [0.1, 0.15) is 6.61 Å². The lowest BCUT2D eigenvalue weighted by atomic mass is 9.95. The van der Waals surface area contributed by atoms with Crippen molar-refractivity contribution in [1.29, 1.82) is 0 Å². The van der Waals surface area contributed by atoms with Gasteiger partial charge in [0.15, 0.2) is 5.58 Å². The minimum Gasteiger partial charge on any atom is -0.445 e. The first-order valence-electron chi connectivity index (χ1n) is 9.65. The van der Waals surface area contributed by atoms with Gasteiger partial charge in [-0.1, -0.05) is 36.4 Å². The molecule has 1 saturated heterocycles. The topological polar surface area (TPSA) is 76.7 Å². The molecule has 0 saturated carbocycles. The summed E-state index contributed by atoms with van der Waals surface area (Å²) < 4.78 is 12.3. The lowest BCUT2D eigenvalue weighted by Crippen LogP contribution is -2.59. The van der Waals surface area contributed by atoms with Crippen LogP contribution in [0.2, 0.25) is 0 Å². The zero-order valence-electron chi connectivity index (χ0n) is 16.8. The van der Waals surface area contributed by atoms with E-state index < -0.39 is 0 Å². The van der Waals surface area contributed by atoms with E-state index in [0.29, 0.717) is 18.7 Å². The predicted octanol–water partition coefficient (Wildman–Crippen LogP) is 3.19. The standard InChI is InChI=1S/C22H25N3O4/c1-22(2)14-25(21(27)28-13-15-7-5-4-6-8-15)12-17(23-22)16-9-10-18-19(11-16)29-20(26)24(18)3/h4-11,17,23H,12-14H2,1-3H3. The van der Waals surface area contributed by atoms with Crippen LogP contribution in [0.1, 0.15) is 31.0 Å². The first kappa shape index (κ1) is 19.3. The van der Waals surface area contributed by atoms with Crippen molar-refractivity contribution in [3.8, 4) is 0 Å². The molecular weight excluding hydrogens is 370 g/mol. The highest BCUT2D eigenvalue weighted by molar-refractivity contribution is 5.74. The summed E-state index contributed by atoms with van der Waals surface area (Å²) in [5.74, 6) is -0.389. The Labute approximate surface area is 168 Å². The van der Waals surface area contributed by atoms with Gasteiger partial charge in [-0.05, 0) is 37.1 Å². The highest BCUT2D eigenvalue weighted by Gasteiger charge is 2.35. The average Bonchev–Trinajstić information content (AvgIpc) is 2.99. The number of hydrogen-bond donors (Lipinski definition) is 1. The van der Waals surface area contributed by atoms with Gasteiger partial charge in [0.05, 0.1) is 11.6 Å². The Bertz CT molecular complexity index is 1080. The summed E-state index contributed by atoms with van der Waals surface area (Å²) in [5.41, 5.74) is 2.91. The second-order valence-electron chi connectivity index (χ2n) is 8.16. The predicted molar refractivity (Wildman–Crippen MR) is 110 cm³/mol. The van der Waals surface area contributed by atoms with Crippen molar-refractivity contribution in [2.75, 3.05) is 13.1 Å². The summed E-state index contributed by atoms with van der Waals surface area (Å²) in [5, 5.41) is 3.58. The summed E-state index contributed by atoms with van der Waals surface area (Å²) >= 11 is 0. The number of hydrogen-bond acceptors (Lipinski definition) is 5. The Hall–Kier alpha value is -3.06. The van der Waals surface area contributed by atoms with Crippen molar-refractivity contribution in [3.05, 3.63) is 70.2 Å². The maximum absolute atomic E-state index is 12.7. The van der Waals surface area contributed by atoms with E-state index in [1.165, 1.54) is 4.57 Å². The number of oxazole rings is 1. The van der Waals surface area contributed by atoms with E-state index in [1.807, 2.05) is 48.5 Å². The van der Waals surface area contributed by atoms with Crippen LogP contribution in [0.3, 0.4) is 0 Å². The zero-order chi connectivity index (χ0) is 20.6. The number of fused-ring (bicyclic) bond motifs is 1. The summed E-state index contributed by atoms with van der Waals surface area (Å²) in [6.07, 6.45) is -0.333. The number of aryl methyl sites for hydroxylation is 1. The second kappa shape index (κ2) is 7.40. The Balaban J connectivity index is 1.52. The number of nitrogens with zero attached hydrogens (tertiary/aromatic N) is 2. The quantitative estimate of drug-likeness (QED) is 0.737. The molecule has 7 heteroatoms. The largest absolute Gasteiger partial charge is 0.445 e. The maximum atomic E-state index is 12.7. The molecule has 2 heterocycles. The van der Waals surface area contributed by atoms with E-state index in [2.05, 4.69) is 19.2 Å². The normalized spacial score (nSPS) is 18.7. The van der Waals surface area contributed by atoms with Crippen molar-refractivity contribution < 1.29 is 13.9 Å². The van der Waals surface area contributed by atoms with E-state index in [0.717, 1.165) is 16.6 Å². The van der Waals surface area contributed by atoms with Crippen LogP contribution in [0.15, 0.2) is 57.7 Å². The van der Waals surface area contributed by atoms with Crippen molar-refractivity contribution >= 4 is 17.2 Å². The molecule has 1 unspecified atom stereocenters. The van der Waals surface area contributed by atoms with Crippen LogP contribution in [0, 0.1) is 0 Å². The van der Waals surface area contributed by atoms with E-state index in [9.17, 15) is 9.59 Å². The molecule has 1 amide bonds. The molecule has 3 aromatic rings. The van der Waals surface area contributed by atoms with E-state index in [1.54, 1.807) is 11.9 Å². The molecule has 0 aliphatic carbocycles. The van der Waals surface area contributed by atoms with Gasteiger partial charge in [0.25, 0.3) is 0 Å². The van der Waals surface area contributed by atoms with Gasteiger partial charge in [-0.15, -0.1) is 0 Å². The number of ether oxygens (including phenoxy) is 1. The molecular formula is C22H25N3O4. The highest BCUT2D eigenvalue weighted by atomic mass is 16.6. The van der Waals surface area contributed by atoms with Crippen molar-refractivity contribution in [2.45, 2.75) is 32.0 Å². The van der Waals surface area contributed by atoms with Gasteiger partial charge in [-0.25, -0.2) is 9.59 Å². The first-order chi connectivity index (χ1) is 13.8. The van der Waals surface area contributed by atoms with Gasteiger partial charge >= 0.3 is 11.8 Å². The van der Waals surface area contributed by atoms with Gasteiger partial charge in [-0.3, -0.25) is 4.57 Å². The zero-order valence-corrected chi connectivity index (χ0v) is 16.8. The van der Waals surface area contributed by atoms with E-state index in [4.69, 9.17) is 9.15 Å². The summed E-state index contributed by atoms with van der Waals surface area (Å²) in [7, 11) is 1.68. The number of carbonyl (C=O) groups is 1. The van der Waals surface area contributed by atoms with Gasteiger partial charge in [-0.2, -0.15) is 0 Å². The molecule has 2 aromatic carbocycles. The SMILES string of the molecule is Cn1c(=O)oc2cc(C3CN(C(=O)OCc4ccccc4)CC(C)(C)N3)ccc21. The van der Waals surface area contributed by atoms with Crippen molar-refractivity contribution in [1.82, 2.24) is 14.8 Å². The minimum absolute atomic E-state index is 0.0991. The number of benzene rings is 2. The Morgan fingerprint density at radius 2 is 2.00 bits per heavy atom. The van der Waals surface area contributed by atoms with Crippen LogP contribution < -0.4 is 11.1 Å². The van der Waals surface area contributed by atoms with E-state index in [-0.39, 0.29) is 30.0 Å². The number of nitrogens with one attached hydrogen (secondary N) is 1. The van der Waals surface area contributed by atoms with Crippen LogP contribution in [0.5, 0.6) is 0 Å². The fourth-order valence-electron chi connectivity index (χ4n) is 3.83. The van der Waals surface area contributed by atoms with Crippen molar-refractivity contribution in [2.24, 2.45) is 7.05 Å². The third kappa shape index (κ3) is 4.05. The van der Waals surface area contributed by atoms with Crippen LogP contribution in [-0.2, 0) is 18.4 Å². The Kier molecular flexibility index (Phi) is 4.92. The number of piperazine rings is 1. The molecule has 4 rings (SSSR count). The molecule has 0 bridgehead atoms. The molecule has 0 spiro atoms. The maximum Gasteiger partial charge on any atom is 0.419 e. The fourth-order valence-corrected chi connectivity index (χ4v) is 3.83. The third-order valence-electron chi connectivity index (χ3n) is 5.24. The summed E-state index contributed by atoms with van der Waals surface area (Å²) in [4.78, 5) is 26.2. The smallest absolute Gasteiger partial charge is 0.419 e. The van der Waals surface area contributed by atoms with Crippen LogP contribution >= 0.6 is 0 Å². The fraction of sp³-hybridized carbons (Fsp3) is 0.364.